The maximum atomic E-state index is 5.57. The van der Waals surface area contributed by atoms with Gasteiger partial charge in [0.15, 0.2) is 0 Å². The number of nitrogens with two attached hydrogens (primary N) is 1. The molecule has 0 aliphatic carbocycles. The largest absolute Gasteiger partial charge is 0.495 e. The highest BCUT2D eigenvalue weighted by molar-refractivity contribution is 5.26. The van der Waals surface area contributed by atoms with Crippen LogP contribution in [0.4, 0.5) is 0 Å². The van der Waals surface area contributed by atoms with Gasteiger partial charge in [-0.3, -0.25) is 0 Å². The summed E-state index contributed by atoms with van der Waals surface area (Å²) in [6, 6.07) is 0. The van der Waals surface area contributed by atoms with Crippen molar-refractivity contribution in [1.29, 1.82) is 0 Å². The van der Waals surface area contributed by atoms with E-state index in [0.717, 1.165) is 5.57 Å². The molecule has 0 radical (unpaired) electrons. The summed E-state index contributed by atoms with van der Waals surface area (Å²) in [7, 11) is 1.59. The van der Waals surface area contributed by atoms with Gasteiger partial charge in [0, 0.05) is 0 Å². The van der Waals surface area contributed by atoms with Crippen molar-refractivity contribution in [3.05, 3.63) is 35.8 Å². The van der Waals surface area contributed by atoms with Crippen LogP contribution in [0.25, 0.3) is 0 Å². The third kappa shape index (κ3) is 3.50. The molecule has 62 valence electrons. The number of ether oxygens (including phenoxy) is 1. The lowest BCUT2D eigenvalue weighted by Crippen LogP contribution is -1.99. The lowest BCUT2D eigenvalue weighted by Gasteiger charge is -2.03. The van der Waals surface area contributed by atoms with Gasteiger partial charge in [-0.1, -0.05) is 12.2 Å². The number of allylic oxidation sites excluding steroid dienone is 3. The molecule has 0 fully saturated rings. The summed E-state index contributed by atoms with van der Waals surface area (Å²) in [5.74, 6) is 0.667. The molecule has 0 aromatic heterocycles. The first-order chi connectivity index (χ1) is 5.11. The topological polar surface area (TPSA) is 35.2 Å². The van der Waals surface area contributed by atoms with Gasteiger partial charge in [-0.25, -0.2) is 0 Å². The lowest BCUT2D eigenvalue weighted by atomic mass is 10.2. The molecular weight excluding hydrogens is 138 g/mol. The average Bonchev–Trinajstić information content (AvgIpc) is 1.98. The van der Waals surface area contributed by atoms with Crippen LogP contribution in [0.15, 0.2) is 35.8 Å². The molecule has 0 aliphatic rings. The highest BCUT2D eigenvalue weighted by Crippen LogP contribution is 2.05. The molecule has 0 aromatic rings. The normalized spacial score (nSPS) is 11.5. The Morgan fingerprint density at radius 3 is 2.27 bits per heavy atom. The van der Waals surface area contributed by atoms with Crippen molar-refractivity contribution in [3.63, 3.8) is 0 Å². The Morgan fingerprint density at radius 1 is 1.45 bits per heavy atom. The van der Waals surface area contributed by atoms with E-state index in [0.29, 0.717) is 11.5 Å². The van der Waals surface area contributed by atoms with E-state index in [1.54, 1.807) is 13.2 Å². The fourth-order valence-electron chi connectivity index (χ4n) is 0.623. The molecule has 2 heteroatoms. The smallest absolute Gasteiger partial charge is 0.141 e. The molecule has 11 heavy (non-hydrogen) atoms. The van der Waals surface area contributed by atoms with Gasteiger partial charge in [-0.05, 0) is 26.0 Å². The zero-order valence-electron chi connectivity index (χ0n) is 7.35. The number of methoxy groups -OCH3 is 1. The van der Waals surface area contributed by atoms with Gasteiger partial charge < -0.3 is 10.5 Å². The standard InChI is InChI=1S/C9H15NO/c1-5-8(10)9(11-4)6-7(2)3/h5-6H,1,10H2,2-4H3/b9-8-. The lowest BCUT2D eigenvalue weighted by molar-refractivity contribution is 0.302. The average molecular weight is 153 g/mol. The second-order valence-corrected chi connectivity index (χ2v) is 2.45. The highest BCUT2D eigenvalue weighted by atomic mass is 16.5. The van der Waals surface area contributed by atoms with Crippen molar-refractivity contribution in [1.82, 2.24) is 0 Å². The van der Waals surface area contributed by atoms with Crippen LogP contribution >= 0.6 is 0 Å². The Balaban J connectivity index is 4.66. The third-order valence-corrected chi connectivity index (χ3v) is 1.14. The third-order valence-electron chi connectivity index (χ3n) is 1.14. The van der Waals surface area contributed by atoms with E-state index in [9.17, 15) is 0 Å². The minimum absolute atomic E-state index is 0.564. The maximum Gasteiger partial charge on any atom is 0.141 e. The SMILES string of the molecule is C=C/C(N)=C(\C=C(C)C)OC. The van der Waals surface area contributed by atoms with Crippen molar-refractivity contribution in [2.45, 2.75) is 13.8 Å². The molecule has 2 nitrogen and oxygen atoms in total. The van der Waals surface area contributed by atoms with Gasteiger partial charge in [0.05, 0.1) is 12.8 Å². The molecule has 0 unspecified atom stereocenters. The van der Waals surface area contributed by atoms with Crippen LogP contribution in [0.5, 0.6) is 0 Å². The zero-order valence-corrected chi connectivity index (χ0v) is 7.35. The van der Waals surface area contributed by atoms with Crippen LogP contribution < -0.4 is 5.73 Å². The first kappa shape index (κ1) is 9.82. The predicted molar refractivity (Wildman–Crippen MR) is 47.9 cm³/mol. The minimum atomic E-state index is 0.564. The van der Waals surface area contributed by atoms with Crippen LogP contribution in [0, 0.1) is 0 Å². The van der Waals surface area contributed by atoms with E-state index < -0.39 is 0 Å². The zero-order chi connectivity index (χ0) is 8.85. The van der Waals surface area contributed by atoms with Crippen molar-refractivity contribution in [2.24, 2.45) is 5.73 Å². The molecule has 2 N–H and O–H groups in total. The van der Waals surface area contributed by atoms with Crippen molar-refractivity contribution in [2.75, 3.05) is 7.11 Å². The monoisotopic (exact) mass is 153 g/mol. The van der Waals surface area contributed by atoms with Gasteiger partial charge in [-0.15, -0.1) is 0 Å². The summed E-state index contributed by atoms with van der Waals surface area (Å²) in [6.07, 6.45) is 3.44. The molecule has 0 aliphatic heterocycles. The summed E-state index contributed by atoms with van der Waals surface area (Å²) < 4.78 is 5.02. The molecular formula is C9H15NO. The second-order valence-electron chi connectivity index (χ2n) is 2.45. The molecule has 0 heterocycles. The molecule has 0 rings (SSSR count). The quantitative estimate of drug-likeness (QED) is 0.497. The minimum Gasteiger partial charge on any atom is -0.495 e. The molecule has 0 saturated carbocycles. The molecule has 0 bridgehead atoms. The van der Waals surface area contributed by atoms with Crippen molar-refractivity contribution in [3.8, 4) is 0 Å². The Morgan fingerprint density at radius 2 is 2.00 bits per heavy atom. The highest BCUT2D eigenvalue weighted by Gasteiger charge is 1.94. The van der Waals surface area contributed by atoms with E-state index in [2.05, 4.69) is 6.58 Å². The van der Waals surface area contributed by atoms with E-state index in [1.165, 1.54) is 0 Å². The Kier molecular flexibility index (Phi) is 4.11. The Bertz CT molecular complexity index is 198. The first-order valence-electron chi connectivity index (χ1n) is 3.43. The number of hydrogen-bond donors (Lipinski definition) is 1. The maximum absolute atomic E-state index is 5.57. The van der Waals surface area contributed by atoms with E-state index in [1.807, 2.05) is 19.9 Å². The summed E-state index contributed by atoms with van der Waals surface area (Å²) >= 11 is 0. The first-order valence-corrected chi connectivity index (χ1v) is 3.43. The van der Waals surface area contributed by atoms with E-state index in [4.69, 9.17) is 10.5 Å². The second kappa shape index (κ2) is 4.61. The van der Waals surface area contributed by atoms with Gasteiger partial charge in [0.2, 0.25) is 0 Å². The summed E-state index contributed by atoms with van der Waals surface area (Å²) in [5, 5.41) is 0. The van der Waals surface area contributed by atoms with Gasteiger partial charge >= 0.3 is 0 Å². The van der Waals surface area contributed by atoms with Gasteiger partial charge in [0.1, 0.15) is 5.76 Å². The van der Waals surface area contributed by atoms with Crippen LogP contribution in [0.1, 0.15) is 13.8 Å². The molecule has 0 aromatic carbocycles. The summed E-state index contributed by atoms with van der Waals surface area (Å²) in [5.41, 5.74) is 7.28. The molecule has 0 atom stereocenters. The number of hydrogen-bond acceptors (Lipinski definition) is 2. The van der Waals surface area contributed by atoms with E-state index in [-0.39, 0.29) is 0 Å². The van der Waals surface area contributed by atoms with Crippen LogP contribution in [0.3, 0.4) is 0 Å². The van der Waals surface area contributed by atoms with Crippen molar-refractivity contribution >= 4 is 0 Å². The van der Waals surface area contributed by atoms with Crippen LogP contribution in [-0.2, 0) is 4.74 Å². The predicted octanol–water partition coefficient (Wildman–Crippen LogP) is 1.96. The van der Waals surface area contributed by atoms with Crippen LogP contribution in [0.2, 0.25) is 0 Å². The molecule has 0 amide bonds. The fraction of sp³-hybridized carbons (Fsp3) is 0.333. The Hall–Kier alpha value is -1.18. The Labute approximate surface area is 68.0 Å². The summed E-state index contributed by atoms with van der Waals surface area (Å²) in [4.78, 5) is 0. The number of rotatable bonds is 3. The van der Waals surface area contributed by atoms with Crippen molar-refractivity contribution < 1.29 is 4.74 Å². The van der Waals surface area contributed by atoms with Gasteiger partial charge in [-0.2, -0.15) is 0 Å². The van der Waals surface area contributed by atoms with Gasteiger partial charge in [0.25, 0.3) is 0 Å². The fourth-order valence-corrected chi connectivity index (χ4v) is 0.623. The summed E-state index contributed by atoms with van der Waals surface area (Å²) in [6.45, 7) is 7.51. The molecule has 0 saturated heterocycles. The molecule has 0 spiro atoms. The van der Waals surface area contributed by atoms with Crippen LogP contribution in [-0.4, -0.2) is 7.11 Å². The van der Waals surface area contributed by atoms with E-state index >= 15 is 0 Å².